The number of benzene rings is 2. The standard InChI is InChI=1S/C17H17Cl2NO/c1-3-10-5-6-12(7-11(10)4-2)17(21)14-8-13(20)9-15(18)16(14)19/h5-9H,3-4,20H2,1-2H3. The molecular weight excluding hydrogens is 305 g/mol. The summed E-state index contributed by atoms with van der Waals surface area (Å²) in [4.78, 5) is 12.6. The van der Waals surface area contributed by atoms with Gasteiger partial charge in [-0.05, 0) is 42.2 Å². The van der Waals surface area contributed by atoms with E-state index in [9.17, 15) is 4.79 Å². The lowest BCUT2D eigenvalue weighted by atomic mass is 9.96. The Morgan fingerprint density at radius 3 is 2.33 bits per heavy atom. The third-order valence-corrected chi connectivity index (χ3v) is 4.33. The fourth-order valence-electron chi connectivity index (χ4n) is 2.37. The molecule has 0 saturated carbocycles. The smallest absolute Gasteiger partial charge is 0.194 e. The zero-order chi connectivity index (χ0) is 15.6. The predicted molar refractivity (Wildman–Crippen MR) is 89.5 cm³/mol. The number of nitrogen functional groups attached to an aromatic ring is 1. The minimum atomic E-state index is -0.161. The molecule has 0 aromatic heterocycles. The van der Waals surface area contributed by atoms with Crippen LogP contribution in [0.3, 0.4) is 0 Å². The molecule has 0 spiro atoms. The molecule has 0 aliphatic carbocycles. The lowest BCUT2D eigenvalue weighted by molar-refractivity contribution is 0.103. The van der Waals surface area contributed by atoms with E-state index in [2.05, 4.69) is 13.8 Å². The monoisotopic (exact) mass is 321 g/mol. The first-order valence-electron chi connectivity index (χ1n) is 6.88. The van der Waals surface area contributed by atoms with Gasteiger partial charge < -0.3 is 5.73 Å². The number of halogens is 2. The molecule has 2 N–H and O–H groups in total. The maximum absolute atomic E-state index is 12.6. The van der Waals surface area contributed by atoms with Crippen molar-refractivity contribution in [2.75, 3.05) is 5.73 Å². The Kier molecular flexibility index (Phi) is 4.92. The van der Waals surface area contributed by atoms with Gasteiger partial charge >= 0.3 is 0 Å². The lowest BCUT2D eigenvalue weighted by Crippen LogP contribution is -2.05. The van der Waals surface area contributed by atoms with Gasteiger partial charge in [-0.15, -0.1) is 0 Å². The average Bonchev–Trinajstić information content (AvgIpc) is 2.49. The van der Waals surface area contributed by atoms with E-state index in [0.717, 1.165) is 12.8 Å². The van der Waals surface area contributed by atoms with Gasteiger partial charge in [-0.1, -0.05) is 49.2 Å². The molecule has 0 radical (unpaired) electrons. The topological polar surface area (TPSA) is 43.1 Å². The highest BCUT2D eigenvalue weighted by Gasteiger charge is 2.17. The van der Waals surface area contributed by atoms with Crippen molar-refractivity contribution in [1.29, 1.82) is 0 Å². The summed E-state index contributed by atoms with van der Waals surface area (Å²) in [6.07, 6.45) is 1.83. The number of rotatable bonds is 4. The summed E-state index contributed by atoms with van der Waals surface area (Å²) >= 11 is 12.1. The van der Waals surface area contributed by atoms with Crippen molar-refractivity contribution in [2.45, 2.75) is 26.7 Å². The first-order chi connectivity index (χ1) is 9.97. The molecule has 0 bridgehead atoms. The molecule has 0 saturated heterocycles. The minimum absolute atomic E-state index is 0.161. The van der Waals surface area contributed by atoms with Gasteiger partial charge in [-0.25, -0.2) is 0 Å². The lowest BCUT2D eigenvalue weighted by Gasteiger charge is -2.10. The Morgan fingerprint density at radius 1 is 1.05 bits per heavy atom. The summed E-state index contributed by atoms with van der Waals surface area (Å²) in [5.74, 6) is -0.161. The van der Waals surface area contributed by atoms with E-state index in [-0.39, 0.29) is 10.8 Å². The van der Waals surface area contributed by atoms with Crippen molar-refractivity contribution in [3.05, 3.63) is 62.6 Å². The van der Waals surface area contributed by atoms with Gasteiger partial charge in [0.15, 0.2) is 5.78 Å². The highest BCUT2D eigenvalue weighted by molar-refractivity contribution is 6.44. The molecule has 2 aromatic rings. The number of carbonyl (C=O) groups is 1. The summed E-state index contributed by atoms with van der Waals surface area (Å²) in [5.41, 5.74) is 9.55. The van der Waals surface area contributed by atoms with Gasteiger partial charge in [0.05, 0.1) is 10.0 Å². The molecule has 0 aliphatic rings. The molecule has 2 aromatic carbocycles. The van der Waals surface area contributed by atoms with E-state index in [1.165, 1.54) is 11.1 Å². The highest BCUT2D eigenvalue weighted by atomic mass is 35.5. The molecule has 0 atom stereocenters. The van der Waals surface area contributed by atoms with Crippen LogP contribution in [0.15, 0.2) is 30.3 Å². The molecule has 2 nitrogen and oxygen atoms in total. The first-order valence-corrected chi connectivity index (χ1v) is 7.64. The third kappa shape index (κ3) is 3.22. The SMILES string of the molecule is CCc1ccc(C(=O)c2cc(N)cc(Cl)c2Cl)cc1CC. The predicted octanol–water partition coefficient (Wildman–Crippen LogP) is 4.93. The summed E-state index contributed by atoms with van der Waals surface area (Å²) in [5, 5.41) is 0.536. The Balaban J connectivity index is 2.50. The molecule has 0 unspecified atom stereocenters. The summed E-state index contributed by atoms with van der Waals surface area (Å²) in [6, 6.07) is 8.85. The van der Waals surface area contributed by atoms with Gasteiger partial charge in [0.2, 0.25) is 0 Å². The van der Waals surface area contributed by atoms with Crippen molar-refractivity contribution in [3.8, 4) is 0 Å². The zero-order valence-corrected chi connectivity index (χ0v) is 13.6. The van der Waals surface area contributed by atoms with Crippen LogP contribution in [-0.4, -0.2) is 5.78 Å². The third-order valence-electron chi connectivity index (χ3n) is 3.53. The van der Waals surface area contributed by atoms with E-state index in [4.69, 9.17) is 28.9 Å². The molecular formula is C17H17Cl2NO. The Hall–Kier alpha value is -1.51. The molecule has 110 valence electrons. The van der Waals surface area contributed by atoms with Crippen LogP contribution >= 0.6 is 23.2 Å². The van der Waals surface area contributed by atoms with Crippen molar-refractivity contribution in [3.63, 3.8) is 0 Å². The molecule has 0 fully saturated rings. The highest BCUT2D eigenvalue weighted by Crippen LogP contribution is 2.30. The van der Waals surface area contributed by atoms with Gasteiger partial charge in [0.1, 0.15) is 0 Å². The second-order valence-corrected chi connectivity index (χ2v) is 5.67. The largest absolute Gasteiger partial charge is 0.399 e. The van der Waals surface area contributed by atoms with Gasteiger partial charge in [0.25, 0.3) is 0 Å². The van der Waals surface area contributed by atoms with E-state index >= 15 is 0 Å². The van der Waals surface area contributed by atoms with Gasteiger partial charge in [0, 0.05) is 16.8 Å². The molecule has 2 rings (SSSR count). The van der Waals surface area contributed by atoms with Crippen LogP contribution in [0.5, 0.6) is 0 Å². The Bertz CT molecular complexity index is 695. The fraction of sp³-hybridized carbons (Fsp3) is 0.235. The van der Waals surface area contributed by atoms with Crippen LogP contribution in [-0.2, 0) is 12.8 Å². The minimum Gasteiger partial charge on any atom is -0.399 e. The van der Waals surface area contributed by atoms with Crippen LogP contribution in [0.1, 0.15) is 40.9 Å². The van der Waals surface area contributed by atoms with E-state index < -0.39 is 0 Å². The second kappa shape index (κ2) is 6.50. The van der Waals surface area contributed by atoms with Gasteiger partial charge in [-0.3, -0.25) is 4.79 Å². The van der Waals surface area contributed by atoms with Crippen LogP contribution < -0.4 is 5.73 Å². The number of hydrogen-bond acceptors (Lipinski definition) is 2. The van der Waals surface area contributed by atoms with Crippen LogP contribution in [0, 0.1) is 0 Å². The maximum atomic E-state index is 12.6. The quantitative estimate of drug-likeness (QED) is 0.640. The number of nitrogens with two attached hydrogens (primary N) is 1. The van der Waals surface area contributed by atoms with E-state index in [1.54, 1.807) is 12.1 Å². The Morgan fingerprint density at radius 2 is 1.71 bits per heavy atom. The van der Waals surface area contributed by atoms with Crippen LogP contribution in [0.4, 0.5) is 5.69 Å². The summed E-state index contributed by atoms with van der Waals surface area (Å²) in [7, 11) is 0. The summed E-state index contributed by atoms with van der Waals surface area (Å²) in [6.45, 7) is 4.18. The summed E-state index contributed by atoms with van der Waals surface area (Å²) < 4.78 is 0. The fourth-order valence-corrected chi connectivity index (χ4v) is 2.79. The van der Waals surface area contributed by atoms with Gasteiger partial charge in [-0.2, -0.15) is 0 Å². The number of ketones is 1. The molecule has 4 heteroatoms. The normalized spacial score (nSPS) is 10.7. The molecule has 21 heavy (non-hydrogen) atoms. The number of carbonyl (C=O) groups excluding carboxylic acids is 1. The number of hydrogen-bond donors (Lipinski definition) is 1. The van der Waals surface area contributed by atoms with Crippen LogP contribution in [0.25, 0.3) is 0 Å². The zero-order valence-electron chi connectivity index (χ0n) is 12.0. The maximum Gasteiger partial charge on any atom is 0.194 e. The number of aryl methyl sites for hydroxylation is 2. The first kappa shape index (κ1) is 15.9. The second-order valence-electron chi connectivity index (χ2n) is 4.88. The average molecular weight is 322 g/mol. The van der Waals surface area contributed by atoms with Crippen molar-refractivity contribution < 1.29 is 4.79 Å². The van der Waals surface area contributed by atoms with Crippen molar-refractivity contribution in [2.24, 2.45) is 0 Å². The van der Waals surface area contributed by atoms with Crippen molar-refractivity contribution >= 4 is 34.7 Å². The molecule has 0 aliphatic heterocycles. The van der Waals surface area contributed by atoms with E-state index in [0.29, 0.717) is 21.8 Å². The van der Waals surface area contributed by atoms with Crippen molar-refractivity contribution in [1.82, 2.24) is 0 Å². The van der Waals surface area contributed by atoms with E-state index in [1.807, 2.05) is 18.2 Å². The molecule has 0 amide bonds. The van der Waals surface area contributed by atoms with Crippen LogP contribution in [0.2, 0.25) is 10.0 Å². The Labute approximate surface area is 134 Å². The molecule has 0 heterocycles. The number of anilines is 1.